The fraction of sp³-hybridized carbons (Fsp3) is 0.0588. The number of amides is 1. The third kappa shape index (κ3) is 3.31. The smallest absolute Gasteiger partial charge is 0.267 e. The number of pyridine rings is 1. The number of anilines is 1. The Morgan fingerprint density at radius 2 is 2.19 bits per heavy atom. The molecule has 9 nitrogen and oxygen atoms in total. The van der Waals surface area contributed by atoms with Gasteiger partial charge in [0.05, 0.1) is 10.4 Å². The summed E-state index contributed by atoms with van der Waals surface area (Å²) in [4.78, 5) is 29.1. The molecule has 4 aromatic rings. The highest BCUT2D eigenvalue weighted by Gasteiger charge is 2.12. The average molecular weight is 377 g/mol. The molecule has 4 aromatic heterocycles. The van der Waals surface area contributed by atoms with Crippen LogP contribution in [-0.4, -0.2) is 30.3 Å². The van der Waals surface area contributed by atoms with Crippen LogP contribution in [0.25, 0.3) is 16.2 Å². The predicted molar refractivity (Wildman–Crippen MR) is 98.1 cm³/mol. The van der Waals surface area contributed by atoms with Crippen LogP contribution in [0, 0.1) is 11.3 Å². The zero-order valence-corrected chi connectivity index (χ0v) is 14.6. The van der Waals surface area contributed by atoms with Gasteiger partial charge in [0.15, 0.2) is 5.65 Å². The topological polar surface area (TPSA) is 118 Å². The monoisotopic (exact) mass is 377 g/mol. The van der Waals surface area contributed by atoms with Crippen molar-refractivity contribution in [3.63, 3.8) is 0 Å². The molecule has 0 aliphatic carbocycles. The minimum Gasteiger partial charge on any atom is -0.324 e. The standard InChI is InChI=1S/C17H11N7O2S/c18-8-11-4-6-27-17(11)13-1-2-16(26)24(22-13)9-15(25)21-12-3-5-23-14(7-12)19-10-20-23/h1-7,10H,9H2,(H,21,25). The summed E-state index contributed by atoms with van der Waals surface area (Å²) in [5.41, 5.74) is 1.67. The predicted octanol–water partition coefficient (Wildman–Crippen LogP) is 1.52. The summed E-state index contributed by atoms with van der Waals surface area (Å²) in [6.45, 7) is -0.252. The van der Waals surface area contributed by atoms with Gasteiger partial charge in [-0.3, -0.25) is 9.59 Å². The maximum absolute atomic E-state index is 12.3. The van der Waals surface area contributed by atoms with Crippen molar-refractivity contribution in [2.45, 2.75) is 6.54 Å². The van der Waals surface area contributed by atoms with E-state index in [0.29, 0.717) is 27.5 Å². The number of rotatable bonds is 4. The molecular weight excluding hydrogens is 366 g/mol. The second kappa shape index (κ2) is 6.81. The van der Waals surface area contributed by atoms with Gasteiger partial charge in [0.2, 0.25) is 5.91 Å². The number of thiophene rings is 1. The normalized spacial score (nSPS) is 10.6. The first-order valence-corrected chi connectivity index (χ1v) is 8.67. The van der Waals surface area contributed by atoms with E-state index in [1.54, 1.807) is 40.4 Å². The Hall–Kier alpha value is -3.84. The molecule has 0 aromatic carbocycles. The molecular formula is C17H11N7O2S. The molecule has 0 aliphatic heterocycles. The van der Waals surface area contributed by atoms with Gasteiger partial charge in [-0.05, 0) is 23.6 Å². The number of hydrogen-bond donors (Lipinski definition) is 1. The van der Waals surface area contributed by atoms with Crippen LogP contribution >= 0.6 is 11.3 Å². The minimum atomic E-state index is -0.406. The Balaban J connectivity index is 1.56. The highest BCUT2D eigenvalue weighted by molar-refractivity contribution is 7.13. The number of carbonyl (C=O) groups is 1. The lowest BCUT2D eigenvalue weighted by atomic mass is 10.2. The zero-order chi connectivity index (χ0) is 18.8. The number of nitriles is 1. The van der Waals surface area contributed by atoms with Crippen molar-refractivity contribution in [3.05, 3.63) is 64.2 Å². The molecule has 0 saturated heterocycles. The quantitative estimate of drug-likeness (QED) is 0.576. The molecule has 27 heavy (non-hydrogen) atoms. The van der Waals surface area contributed by atoms with Crippen LogP contribution in [0.5, 0.6) is 0 Å². The lowest BCUT2D eigenvalue weighted by Gasteiger charge is -2.08. The molecule has 10 heteroatoms. The molecule has 0 atom stereocenters. The number of aromatic nitrogens is 5. The van der Waals surface area contributed by atoms with Gasteiger partial charge >= 0.3 is 0 Å². The van der Waals surface area contributed by atoms with Crippen molar-refractivity contribution >= 4 is 28.6 Å². The van der Waals surface area contributed by atoms with Gasteiger partial charge in [0.25, 0.3) is 5.56 Å². The van der Waals surface area contributed by atoms with Crippen molar-refractivity contribution in [3.8, 4) is 16.6 Å². The summed E-state index contributed by atoms with van der Waals surface area (Å²) in [5, 5.41) is 21.8. The van der Waals surface area contributed by atoms with Crippen LogP contribution in [-0.2, 0) is 11.3 Å². The minimum absolute atomic E-state index is 0.252. The first-order valence-electron chi connectivity index (χ1n) is 7.79. The summed E-state index contributed by atoms with van der Waals surface area (Å²) in [6, 6.07) is 9.99. The van der Waals surface area contributed by atoms with Crippen LogP contribution < -0.4 is 10.9 Å². The third-order valence-corrected chi connectivity index (χ3v) is 4.68. The summed E-state index contributed by atoms with van der Waals surface area (Å²) >= 11 is 1.35. The van der Waals surface area contributed by atoms with Crippen LogP contribution in [0.15, 0.2) is 53.0 Å². The molecule has 0 unspecified atom stereocenters. The molecule has 4 rings (SSSR count). The third-order valence-electron chi connectivity index (χ3n) is 3.74. The molecule has 0 spiro atoms. The summed E-state index contributed by atoms with van der Waals surface area (Å²) in [7, 11) is 0. The van der Waals surface area contributed by atoms with E-state index in [1.165, 1.54) is 23.7 Å². The number of nitrogens with one attached hydrogen (secondary N) is 1. The molecule has 0 fully saturated rings. The van der Waals surface area contributed by atoms with Gasteiger partial charge in [0.1, 0.15) is 24.6 Å². The Bertz CT molecular complexity index is 1250. The van der Waals surface area contributed by atoms with Crippen LogP contribution in [0.4, 0.5) is 5.69 Å². The van der Waals surface area contributed by atoms with Crippen molar-refractivity contribution in [2.75, 3.05) is 5.32 Å². The second-order valence-corrected chi connectivity index (χ2v) is 6.43. The molecule has 1 amide bonds. The van der Waals surface area contributed by atoms with E-state index in [1.807, 2.05) is 0 Å². The molecule has 1 N–H and O–H groups in total. The van der Waals surface area contributed by atoms with Gasteiger partial charge in [0, 0.05) is 24.0 Å². The first-order chi connectivity index (χ1) is 13.1. The van der Waals surface area contributed by atoms with Crippen molar-refractivity contribution in [1.29, 1.82) is 5.26 Å². The Labute approximate surface area is 156 Å². The van der Waals surface area contributed by atoms with E-state index in [4.69, 9.17) is 5.26 Å². The molecule has 132 valence electrons. The van der Waals surface area contributed by atoms with Crippen LogP contribution in [0.3, 0.4) is 0 Å². The van der Waals surface area contributed by atoms with Crippen LogP contribution in [0.1, 0.15) is 5.56 Å². The SMILES string of the molecule is N#Cc1ccsc1-c1ccc(=O)n(CC(=O)Nc2ccn3ncnc3c2)n1. The van der Waals surface area contributed by atoms with Crippen molar-refractivity contribution in [2.24, 2.45) is 0 Å². The molecule has 0 aliphatic rings. The van der Waals surface area contributed by atoms with E-state index in [0.717, 1.165) is 4.68 Å². The van der Waals surface area contributed by atoms with Crippen LogP contribution in [0.2, 0.25) is 0 Å². The van der Waals surface area contributed by atoms with Gasteiger partial charge < -0.3 is 5.32 Å². The van der Waals surface area contributed by atoms with E-state index in [-0.39, 0.29) is 6.54 Å². The van der Waals surface area contributed by atoms with E-state index in [2.05, 4.69) is 26.6 Å². The number of fused-ring (bicyclic) bond motifs is 1. The lowest BCUT2D eigenvalue weighted by Crippen LogP contribution is -2.29. The summed E-state index contributed by atoms with van der Waals surface area (Å²) in [6.07, 6.45) is 3.08. The highest BCUT2D eigenvalue weighted by Crippen LogP contribution is 2.26. The fourth-order valence-corrected chi connectivity index (χ4v) is 3.32. The highest BCUT2D eigenvalue weighted by atomic mass is 32.1. The fourth-order valence-electron chi connectivity index (χ4n) is 2.51. The van der Waals surface area contributed by atoms with E-state index >= 15 is 0 Å². The van der Waals surface area contributed by atoms with Crippen molar-refractivity contribution in [1.82, 2.24) is 24.4 Å². The summed E-state index contributed by atoms with van der Waals surface area (Å²) < 4.78 is 2.64. The average Bonchev–Trinajstić information content (AvgIpc) is 3.31. The molecule has 0 radical (unpaired) electrons. The maximum atomic E-state index is 12.3. The molecule has 0 saturated carbocycles. The number of carbonyl (C=O) groups excluding carboxylic acids is 1. The van der Waals surface area contributed by atoms with E-state index < -0.39 is 11.5 Å². The van der Waals surface area contributed by atoms with E-state index in [9.17, 15) is 9.59 Å². The zero-order valence-electron chi connectivity index (χ0n) is 13.7. The largest absolute Gasteiger partial charge is 0.324 e. The van der Waals surface area contributed by atoms with Gasteiger partial charge in [-0.15, -0.1) is 11.3 Å². The maximum Gasteiger partial charge on any atom is 0.267 e. The van der Waals surface area contributed by atoms with Gasteiger partial charge in [-0.1, -0.05) is 0 Å². The lowest BCUT2D eigenvalue weighted by molar-refractivity contribution is -0.117. The Kier molecular flexibility index (Phi) is 4.19. The number of hydrogen-bond acceptors (Lipinski definition) is 7. The molecule has 4 heterocycles. The van der Waals surface area contributed by atoms with Gasteiger partial charge in [-0.25, -0.2) is 14.2 Å². The second-order valence-electron chi connectivity index (χ2n) is 5.52. The molecule has 0 bridgehead atoms. The Morgan fingerprint density at radius 3 is 3.04 bits per heavy atom. The summed E-state index contributed by atoms with van der Waals surface area (Å²) in [5.74, 6) is -0.405. The Morgan fingerprint density at radius 1 is 1.30 bits per heavy atom. The van der Waals surface area contributed by atoms with Crippen molar-refractivity contribution < 1.29 is 4.79 Å². The number of nitrogens with zero attached hydrogens (tertiary/aromatic N) is 6. The first kappa shape index (κ1) is 16.6. The van der Waals surface area contributed by atoms with Gasteiger partial charge in [-0.2, -0.15) is 15.5 Å².